The summed E-state index contributed by atoms with van der Waals surface area (Å²) in [5.41, 5.74) is -1.87. The number of hydrogen-bond donors (Lipinski definition) is 3. The van der Waals surface area contributed by atoms with Gasteiger partial charge in [0.25, 0.3) is 5.60 Å². The average Bonchev–Trinajstić information content (AvgIpc) is 3.07. The molecule has 3 rings (SSSR count). The Morgan fingerprint density at radius 2 is 1.66 bits per heavy atom. The van der Waals surface area contributed by atoms with Crippen LogP contribution < -0.4 is 0 Å². The van der Waals surface area contributed by atoms with Gasteiger partial charge in [-0.05, 0) is 74.7 Å². The number of halogens is 6. The van der Waals surface area contributed by atoms with Crippen LogP contribution >= 0.6 is 0 Å². The first-order valence-corrected chi connectivity index (χ1v) is 12.1. The Kier molecular flexibility index (Phi) is 8.04. The number of hydrogen-bond acceptors (Lipinski definition) is 3. The third-order valence-electron chi connectivity index (χ3n) is 7.93. The summed E-state index contributed by atoms with van der Waals surface area (Å²) < 4.78 is 77.6. The Hall–Kier alpha value is -1.58. The lowest BCUT2D eigenvalue weighted by molar-refractivity contribution is -0.347. The monoisotopic (exact) mass is 508 g/mol. The number of aliphatic hydroxyl groups is 3. The van der Waals surface area contributed by atoms with E-state index in [1.807, 2.05) is 6.08 Å². The van der Waals surface area contributed by atoms with Crippen molar-refractivity contribution in [2.75, 3.05) is 0 Å². The van der Waals surface area contributed by atoms with Gasteiger partial charge in [-0.1, -0.05) is 54.9 Å². The third-order valence-corrected chi connectivity index (χ3v) is 7.93. The maximum atomic E-state index is 12.9. The van der Waals surface area contributed by atoms with Crippen molar-refractivity contribution in [2.45, 2.75) is 95.4 Å². The molecule has 0 aromatic rings. The number of fused-ring (bicyclic) bond motifs is 1. The summed E-state index contributed by atoms with van der Waals surface area (Å²) in [5.74, 6) is -0.0939. The molecule has 0 aliphatic heterocycles. The molecular formula is C26H34F6O3. The van der Waals surface area contributed by atoms with E-state index in [1.165, 1.54) is 5.57 Å². The van der Waals surface area contributed by atoms with Gasteiger partial charge >= 0.3 is 12.4 Å². The molecule has 3 N–H and O–H groups in total. The van der Waals surface area contributed by atoms with E-state index in [9.17, 15) is 41.7 Å². The quantitative estimate of drug-likeness (QED) is 0.301. The highest BCUT2D eigenvalue weighted by Gasteiger charge is 2.68. The largest absolute Gasteiger partial charge is 0.429 e. The predicted octanol–water partition coefficient (Wildman–Crippen LogP) is 6.32. The van der Waals surface area contributed by atoms with Gasteiger partial charge in [-0.3, -0.25) is 0 Å². The molecule has 0 radical (unpaired) electrons. The van der Waals surface area contributed by atoms with Crippen molar-refractivity contribution in [1.82, 2.24) is 0 Å². The van der Waals surface area contributed by atoms with Gasteiger partial charge in [-0.25, -0.2) is 0 Å². The van der Waals surface area contributed by atoms with Gasteiger partial charge in [0.2, 0.25) is 0 Å². The zero-order valence-corrected chi connectivity index (χ0v) is 20.0. The Morgan fingerprint density at radius 1 is 1.06 bits per heavy atom. The molecule has 198 valence electrons. The SMILES string of the molecule is C[C@H](C/C=C\C(O)(C(F)(F)F)C(F)(F)F)C1=CC[C@H]2/C(=C/C=C3C[C@@H](O)C[C@H](O)C3)CCC[C@]12C. The van der Waals surface area contributed by atoms with Crippen molar-refractivity contribution in [2.24, 2.45) is 17.3 Å². The molecule has 9 heteroatoms. The average molecular weight is 509 g/mol. The standard InChI is InChI=1S/C26H34F6O3/c1-16(5-3-12-24(35,25(27,28)29)26(30,31)32)21-9-10-22-18(6-4-11-23(21,22)2)8-7-17-13-19(33)15-20(34)14-17/h3,7-9,12,16,19-20,22,33-35H,4-6,10-11,13-15H2,1-2H3/b12-3-,18-8+/t16-,19-,20-,22+,23-/m1/s1. The van der Waals surface area contributed by atoms with Gasteiger partial charge in [-0.2, -0.15) is 26.3 Å². The van der Waals surface area contributed by atoms with Crippen LogP contribution in [-0.2, 0) is 0 Å². The summed E-state index contributed by atoms with van der Waals surface area (Å²) in [4.78, 5) is 0. The number of rotatable bonds is 5. The van der Waals surface area contributed by atoms with E-state index in [0.717, 1.165) is 42.9 Å². The topological polar surface area (TPSA) is 60.7 Å². The molecule has 3 nitrogen and oxygen atoms in total. The molecule has 0 aromatic carbocycles. The zero-order chi connectivity index (χ0) is 26.2. The first-order chi connectivity index (χ1) is 16.1. The lowest BCUT2D eigenvalue weighted by Gasteiger charge is -2.42. The predicted molar refractivity (Wildman–Crippen MR) is 120 cm³/mol. The summed E-state index contributed by atoms with van der Waals surface area (Å²) in [7, 11) is 0. The fraction of sp³-hybridized carbons (Fsp3) is 0.692. The van der Waals surface area contributed by atoms with Crippen molar-refractivity contribution >= 4 is 0 Å². The van der Waals surface area contributed by atoms with E-state index >= 15 is 0 Å². The molecule has 0 aromatic heterocycles. The maximum Gasteiger partial charge on any atom is 0.429 e. The molecule has 0 amide bonds. The second-order valence-electron chi connectivity index (χ2n) is 10.5. The van der Waals surface area contributed by atoms with E-state index in [1.54, 1.807) is 6.92 Å². The zero-order valence-electron chi connectivity index (χ0n) is 20.0. The molecule has 0 spiro atoms. The Morgan fingerprint density at radius 3 is 2.23 bits per heavy atom. The van der Waals surface area contributed by atoms with E-state index in [0.29, 0.717) is 19.3 Å². The van der Waals surface area contributed by atoms with E-state index in [4.69, 9.17) is 0 Å². The number of aliphatic hydroxyl groups excluding tert-OH is 2. The van der Waals surface area contributed by atoms with Crippen molar-refractivity contribution in [3.8, 4) is 0 Å². The number of allylic oxidation sites excluding steroid dienone is 6. The van der Waals surface area contributed by atoms with E-state index < -0.39 is 30.2 Å². The smallest absolute Gasteiger partial charge is 0.393 e. The van der Waals surface area contributed by atoms with Crippen LogP contribution in [0.4, 0.5) is 26.3 Å². The minimum absolute atomic E-state index is 0.0541. The summed E-state index contributed by atoms with van der Waals surface area (Å²) in [6.45, 7) is 3.89. The van der Waals surface area contributed by atoms with Crippen LogP contribution in [0.25, 0.3) is 0 Å². The van der Waals surface area contributed by atoms with Gasteiger partial charge in [-0.15, -0.1) is 0 Å². The minimum Gasteiger partial charge on any atom is -0.393 e. The van der Waals surface area contributed by atoms with Crippen molar-refractivity contribution in [1.29, 1.82) is 0 Å². The normalized spacial score (nSPS) is 32.7. The molecule has 0 bridgehead atoms. The minimum atomic E-state index is -5.86. The van der Waals surface area contributed by atoms with Crippen LogP contribution in [0.1, 0.15) is 65.2 Å². The van der Waals surface area contributed by atoms with Crippen LogP contribution in [0.15, 0.2) is 47.1 Å². The molecule has 3 aliphatic carbocycles. The summed E-state index contributed by atoms with van der Waals surface area (Å²) in [5, 5.41) is 29.2. The van der Waals surface area contributed by atoms with Gasteiger partial charge < -0.3 is 15.3 Å². The molecule has 3 aliphatic rings. The van der Waals surface area contributed by atoms with Gasteiger partial charge in [0.1, 0.15) is 0 Å². The second kappa shape index (κ2) is 10.1. The molecule has 2 fully saturated rings. The molecule has 35 heavy (non-hydrogen) atoms. The first kappa shape index (κ1) is 28.0. The van der Waals surface area contributed by atoms with Crippen molar-refractivity contribution in [3.05, 3.63) is 47.1 Å². The maximum absolute atomic E-state index is 12.9. The summed E-state index contributed by atoms with van der Waals surface area (Å²) in [6, 6.07) is 0. The fourth-order valence-electron chi connectivity index (χ4n) is 6.07. The Balaban J connectivity index is 1.73. The first-order valence-electron chi connectivity index (χ1n) is 12.1. The van der Waals surface area contributed by atoms with Gasteiger partial charge in [0.05, 0.1) is 12.2 Å². The fourth-order valence-corrected chi connectivity index (χ4v) is 6.07. The summed E-state index contributed by atoms with van der Waals surface area (Å²) >= 11 is 0. The van der Waals surface area contributed by atoms with Gasteiger partial charge in [0.15, 0.2) is 0 Å². The Labute approximate surface area is 201 Å². The second-order valence-corrected chi connectivity index (χ2v) is 10.5. The third kappa shape index (κ3) is 5.72. The van der Waals surface area contributed by atoms with Crippen molar-refractivity contribution in [3.63, 3.8) is 0 Å². The number of alkyl halides is 6. The highest BCUT2D eigenvalue weighted by molar-refractivity contribution is 5.35. The highest BCUT2D eigenvalue weighted by Crippen LogP contribution is 2.57. The van der Waals surface area contributed by atoms with Crippen LogP contribution in [0.2, 0.25) is 0 Å². The van der Waals surface area contributed by atoms with Crippen LogP contribution in [0.5, 0.6) is 0 Å². The molecule has 2 saturated carbocycles. The van der Waals surface area contributed by atoms with E-state index in [2.05, 4.69) is 19.1 Å². The van der Waals surface area contributed by atoms with Gasteiger partial charge in [0, 0.05) is 0 Å². The van der Waals surface area contributed by atoms with Crippen LogP contribution in [0.3, 0.4) is 0 Å². The Bertz CT molecular complexity index is 872. The molecule has 0 unspecified atom stereocenters. The van der Waals surface area contributed by atoms with Crippen molar-refractivity contribution < 1.29 is 41.7 Å². The van der Waals surface area contributed by atoms with E-state index in [-0.39, 0.29) is 29.7 Å². The lowest BCUT2D eigenvalue weighted by atomic mass is 9.62. The van der Waals surface area contributed by atoms with Crippen LogP contribution in [-0.4, -0.2) is 45.5 Å². The lowest BCUT2D eigenvalue weighted by Crippen LogP contribution is -2.55. The highest BCUT2D eigenvalue weighted by atomic mass is 19.4. The molecular weight excluding hydrogens is 474 g/mol. The summed E-state index contributed by atoms with van der Waals surface area (Å²) in [6.07, 6.45) is -1.33. The van der Waals surface area contributed by atoms with Crippen LogP contribution in [0, 0.1) is 17.3 Å². The molecule has 5 atom stereocenters. The molecule has 0 saturated heterocycles. The molecule has 0 heterocycles.